The Balaban J connectivity index is 1.84. The third-order valence-corrected chi connectivity index (χ3v) is 6.43. The lowest BCUT2D eigenvalue weighted by atomic mass is 9.95. The number of aromatic nitrogens is 1. The van der Waals surface area contributed by atoms with E-state index in [-0.39, 0.29) is 51.2 Å². The molecule has 43 heavy (non-hydrogen) atoms. The number of Topliss-reactive ketones (excluding diaryl/α,β-unsaturated/α-hetero) is 1. The van der Waals surface area contributed by atoms with E-state index in [2.05, 4.69) is 4.98 Å². The summed E-state index contributed by atoms with van der Waals surface area (Å²) in [6.45, 7) is -0.473. The molecular weight excluding hydrogens is 595 g/mol. The van der Waals surface area contributed by atoms with Crippen molar-refractivity contribution in [1.82, 2.24) is 10.3 Å². The number of amides is 1. The number of hydrogen-bond acceptors (Lipinski definition) is 4. The van der Waals surface area contributed by atoms with Crippen molar-refractivity contribution in [2.75, 3.05) is 6.54 Å². The van der Waals surface area contributed by atoms with Crippen LogP contribution in [0.15, 0.2) is 59.0 Å². The van der Waals surface area contributed by atoms with E-state index >= 15 is 0 Å². The van der Waals surface area contributed by atoms with E-state index in [0.29, 0.717) is 5.56 Å². The highest BCUT2D eigenvalue weighted by Gasteiger charge is 2.57. The molecule has 0 spiro atoms. The van der Waals surface area contributed by atoms with E-state index in [9.17, 15) is 49.1 Å². The fraction of sp³-hybridized carbons (Fsp3) is 0.276. The number of aryl methyl sites for hydroxylation is 1. The summed E-state index contributed by atoms with van der Waals surface area (Å²) < 4.78 is 123. The van der Waals surface area contributed by atoms with Crippen molar-refractivity contribution in [1.29, 1.82) is 0 Å². The Morgan fingerprint density at radius 3 is 2.19 bits per heavy atom. The number of hydrogen-bond donors (Lipinski definition) is 1. The molecule has 2 aromatic heterocycles. The van der Waals surface area contributed by atoms with Crippen LogP contribution in [0, 0.1) is 5.82 Å². The number of rotatable bonds is 9. The normalized spacial score (nSPS) is 12.5. The third kappa shape index (κ3) is 7.00. The van der Waals surface area contributed by atoms with E-state index in [1.807, 2.05) is 0 Å². The van der Waals surface area contributed by atoms with Crippen molar-refractivity contribution in [2.45, 2.75) is 44.5 Å². The maximum absolute atomic E-state index is 13.5. The molecule has 4 aromatic rings. The van der Waals surface area contributed by atoms with Gasteiger partial charge in [-0.05, 0) is 54.4 Å². The first-order valence-electron chi connectivity index (χ1n) is 12.7. The summed E-state index contributed by atoms with van der Waals surface area (Å²) in [6, 6.07) is 11.1. The molecule has 228 valence electrons. The Labute approximate surface area is 237 Å². The molecule has 1 amide bonds. The summed E-state index contributed by atoms with van der Waals surface area (Å²) in [7, 11) is 0. The van der Waals surface area contributed by atoms with Crippen molar-refractivity contribution < 1.29 is 53.5 Å². The molecule has 5 nitrogen and oxygen atoms in total. The Kier molecular flexibility index (Phi) is 8.61. The van der Waals surface area contributed by atoms with Gasteiger partial charge in [0.25, 0.3) is 5.91 Å². The highest BCUT2D eigenvalue weighted by atomic mass is 19.4. The number of carbonyl (C=O) groups is 2. The van der Waals surface area contributed by atoms with Crippen LogP contribution in [0.5, 0.6) is 0 Å². The average molecular weight is 616 g/mol. The molecule has 0 saturated carbocycles. The minimum absolute atomic E-state index is 0.00647. The van der Waals surface area contributed by atoms with Gasteiger partial charge < -0.3 is 9.73 Å². The minimum atomic E-state index is -5.90. The fourth-order valence-corrected chi connectivity index (χ4v) is 4.24. The van der Waals surface area contributed by atoms with E-state index in [1.54, 1.807) is 6.92 Å². The van der Waals surface area contributed by atoms with Crippen LogP contribution < -0.4 is 5.32 Å². The zero-order valence-electron chi connectivity index (χ0n) is 22.1. The van der Waals surface area contributed by atoms with Crippen molar-refractivity contribution >= 4 is 22.8 Å². The van der Waals surface area contributed by atoms with Gasteiger partial charge in [-0.1, -0.05) is 19.1 Å². The number of nitrogens with one attached hydrogen (secondary N) is 1. The molecule has 0 saturated heterocycles. The van der Waals surface area contributed by atoms with Crippen LogP contribution in [0.3, 0.4) is 0 Å². The first kappa shape index (κ1) is 31.6. The van der Waals surface area contributed by atoms with E-state index in [1.165, 1.54) is 35.6 Å². The van der Waals surface area contributed by atoms with Crippen LogP contribution in [-0.4, -0.2) is 41.5 Å². The lowest BCUT2D eigenvalue weighted by Gasteiger charge is -2.19. The molecule has 1 N–H and O–H groups in total. The second-order valence-electron chi connectivity index (χ2n) is 9.51. The zero-order chi connectivity index (χ0) is 31.7. The maximum Gasteiger partial charge on any atom is 0.455 e. The number of ketones is 1. The molecule has 0 unspecified atom stereocenters. The molecule has 14 heteroatoms. The summed E-state index contributed by atoms with van der Waals surface area (Å²) in [5, 5.41) is 1.62. The van der Waals surface area contributed by atoms with Gasteiger partial charge in [0.15, 0.2) is 5.78 Å². The first-order chi connectivity index (χ1) is 20.0. The first-order valence-corrected chi connectivity index (χ1v) is 12.7. The number of nitrogens with zero attached hydrogens (tertiary/aromatic N) is 1. The highest BCUT2D eigenvalue weighted by Crippen LogP contribution is 2.38. The second-order valence-corrected chi connectivity index (χ2v) is 9.51. The van der Waals surface area contributed by atoms with Gasteiger partial charge in [0.2, 0.25) is 5.71 Å². The van der Waals surface area contributed by atoms with E-state index < -0.39 is 55.2 Å². The van der Waals surface area contributed by atoms with Gasteiger partial charge in [-0.15, -0.1) is 0 Å². The summed E-state index contributed by atoms with van der Waals surface area (Å²) in [4.78, 5) is 29.7. The minimum Gasteiger partial charge on any atom is -0.437 e. The van der Waals surface area contributed by atoms with Gasteiger partial charge in [0, 0.05) is 29.5 Å². The van der Waals surface area contributed by atoms with Gasteiger partial charge >= 0.3 is 18.3 Å². The summed E-state index contributed by atoms with van der Waals surface area (Å²) in [6.07, 6.45) is -12.5. The van der Waals surface area contributed by atoms with Gasteiger partial charge in [-0.25, -0.2) is 9.37 Å². The fourth-order valence-electron chi connectivity index (χ4n) is 4.24. The molecule has 0 atom stereocenters. The van der Waals surface area contributed by atoms with Crippen LogP contribution in [0.1, 0.15) is 46.2 Å². The van der Waals surface area contributed by atoms with Gasteiger partial charge in [-0.3, -0.25) is 9.59 Å². The number of pyridine rings is 1. The van der Waals surface area contributed by atoms with Crippen LogP contribution in [0.25, 0.3) is 33.6 Å². The quantitative estimate of drug-likeness (QED) is 0.152. The maximum atomic E-state index is 13.5. The SMILES string of the molecule is CCC(=O)c1c(-c2ccc(F)cc2)oc2nc(CCC(F)(F)F)c(-c3cccc(C(=O)NCC(F)(F)C(F)(F)F)c3)cc12. The van der Waals surface area contributed by atoms with E-state index in [4.69, 9.17) is 4.42 Å². The van der Waals surface area contributed by atoms with Gasteiger partial charge in [0.1, 0.15) is 11.6 Å². The third-order valence-electron chi connectivity index (χ3n) is 6.43. The topological polar surface area (TPSA) is 72.2 Å². The van der Waals surface area contributed by atoms with Crippen molar-refractivity contribution in [3.63, 3.8) is 0 Å². The summed E-state index contributed by atoms with van der Waals surface area (Å²) in [5.74, 6) is -7.48. The van der Waals surface area contributed by atoms with Crippen molar-refractivity contribution in [3.8, 4) is 22.5 Å². The Hall–Kier alpha value is -4.36. The monoisotopic (exact) mass is 616 g/mol. The molecule has 4 rings (SSSR count). The number of benzene rings is 2. The molecule has 0 radical (unpaired) electrons. The lowest BCUT2D eigenvalue weighted by Crippen LogP contribution is -2.46. The number of fused-ring (bicyclic) bond motifs is 1. The molecule has 0 aliphatic rings. The summed E-state index contributed by atoms with van der Waals surface area (Å²) in [5.41, 5.74) is -0.264. The molecule has 2 aromatic carbocycles. The molecule has 0 aliphatic carbocycles. The summed E-state index contributed by atoms with van der Waals surface area (Å²) >= 11 is 0. The standard InChI is InChI=1S/C29H21F9N2O3/c1-2-22(41)23-20-13-19(16-4-3-5-17(12-16)25(42)39-14-27(31,32)29(36,37)38)21(10-11-28(33,34)35)40-26(20)43-24(23)15-6-8-18(30)9-7-15/h3-9,12-13H,2,10-11,14H2,1H3,(H,39,42). The average Bonchev–Trinajstić information content (AvgIpc) is 3.31. The molecule has 0 fully saturated rings. The highest BCUT2D eigenvalue weighted by molar-refractivity contribution is 6.12. The molecule has 0 aliphatic heterocycles. The predicted octanol–water partition coefficient (Wildman–Crippen LogP) is 8.32. The Morgan fingerprint density at radius 2 is 1.58 bits per heavy atom. The predicted molar refractivity (Wildman–Crippen MR) is 137 cm³/mol. The second kappa shape index (κ2) is 11.7. The van der Waals surface area contributed by atoms with Crippen LogP contribution in [0.4, 0.5) is 39.5 Å². The van der Waals surface area contributed by atoms with Gasteiger partial charge in [-0.2, -0.15) is 35.1 Å². The van der Waals surface area contributed by atoms with Crippen LogP contribution in [0.2, 0.25) is 0 Å². The Morgan fingerprint density at radius 1 is 0.907 bits per heavy atom. The largest absolute Gasteiger partial charge is 0.455 e. The van der Waals surface area contributed by atoms with E-state index in [0.717, 1.165) is 24.3 Å². The Bertz CT molecular complexity index is 1660. The lowest BCUT2D eigenvalue weighted by molar-refractivity contribution is -0.278. The molecule has 0 bridgehead atoms. The van der Waals surface area contributed by atoms with Crippen LogP contribution in [-0.2, 0) is 6.42 Å². The molecular formula is C29H21F9N2O3. The van der Waals surface area contributed by atoms with Crippen LogP contribution >= 0.6 is 0 Å². The van der Waals surface area contributed by atoms with Crippen molar-refractivity contribution in [2.24, 2.45) is 0 Å². The smallest absolute Gasteiger partial charge is 0.437 e. The number of furan rings is 1. The van der Waals surface area contributed by atoms with Crippen molar-refractivity contribution in [3.05, 3.63) is 77.2 Å². The zero-order valence-corrected chi connectivity index (χ0v) is 22.1. The number of halogens is 9. The number of carbonyl (C=O) groups excluding carboxylic acids is 2. The number of alkyl halides is 8. The van der Waals surface area contributed by atoms with Gasteiger partial charge in [0.05, 0.1) is 23.2 Å². The molecule has 2 heterocycles.